The van der Waals surface area contributed by atoms with Crippen LogP contribution in [0, 0.1) is 6.92 Å². The van der Waals surface area contributed by atoms with Gasteiger partial charge in [0.1, 0.15) is 0 Å². The van der Waals surface area contributed by atoms with Crippen molar-refractivity contribution in [1.82, 2.24) is 0 Å². The first kappa shape index (κ1) is 16.5. The highest BCUT2D eigenvalue weighted by atomic mass is 16.4. The van der Waals surface area contributed by atoms with E-state index in [1.165, 1.54) is 27.8 Å². The Morgan fingerprint density at radius 1 is 1.09 bits per heavy atom. The molecule has 1 unspecified atom stereocenters. The maximum Gasteiger partial charge on any atom is 0.303 e. The third-order valence-corrected chi connectivity index (χ3v) is 4.52. The zero-order valence-electron chi connectivity index (χ0n) is 14.0. The van der Waals surface area contributed by atoms with E-state index in [0.717, 1.165) is 12.8 Å². The average molecular weight is 298 g/mol. The molecule has 0 fully saturated rings. The van der Waals surface area contributed by atoms with Crippen molar-refractivity contribution >= 4 is 5.97 Å². The molecule has 1 atom stereocenters. The van der Waals surface area contributed by atoms with Gasteiger partial charge < -0.3 is 5.11 Å². The van der Waals surface area contributed by atoms with Crippen LogP contribution in [-0.4, -0.2) is 11.1 Å². The van der Waals surface area contributed by atoms with Gasteiger partial charge in [0.2, 0.25) is 0 Å². The molecule has 2 heteroatoms. The minimum Gasteiger partial charge on any atom is -0.481 e. The summed E-state index contributed by atoms with van der Waals surface area (Å²) in [5, 5.41) is 8.81. The smallest absolute Gasteiger partial charge is 0.303 e. The minimum atomic E-state index is -0.706. The highest BCUT2D eigenvalue weighted by Crippen LogP contribution is 2.37. The third-order valence-electron chi connectivity index (χ3n) is 4.52. The molecule has 0 saturated carbocycles. The summed E-state index contributed by atoms with van der Waals surface area (Å²) in [7, 11) is 0. The van der Waals surface area contributed by atoms with E-state index in [-0.39, 0.29) is 6.42 Å². The van der Waals surface area contributed by atoms with E-state index >= 15 is 0 Å². The molecule has 0 aliphatic heterocycles. The molecule has 0 bridgehead atoms. The highest BCUT2D eigenvalue weighted by molar-refractivity contribution is 5.74. The second-order valence-electron chi connectivity index (χ2n) is 6.62. The predicted octanol–water partition coefficient (Wildman–Crippen LogP) is 5.58. The number of hydrogen-bond acceptors (Lipinski definition) is 1. The molecule has 0 saturated heterocycles. The van der Waals surface area contributed by atoms with Crippen molar-refractivity contribution in [3.05, 3.63) is 47.0 Å². The van der Waals surface area contributed by atoms with E-state index in [1.54, 1.807) is 0 Å². The summed E-state index contributed by atoms with van der Waals surface area (Å²) in [5.74, 6) is 0.165. The van der Waals surface area contributed by atoms with Crippen LogP contribution in [0.2, 0.25) is 0 Å². The van der Waals surface area contributed by atoms with Gasteiger partial charge in [0.25, 0.3) is 0 Å². The van der Waals surface area contributed by atoms with Gasteiger partial charge >= 0.3 is 5.97 Å². The number of carbonyl (C=O) groups is 1. The molecule has 2 rings (SSSR count). The Morgan fingerprint density at radius 2 is 1.82 bits per heavy atom. The van der Waals surface area contributed by atoms with Crippen molar-refractivity contribution in [2.45, 2.75) is 58.8 Å². The topological polar surface area (TPSA) is 37.3 Å². The normalized spacial score (nSPS) is 12.8. The Kier molecular flexibility index (Phi) is 5.23. The number of hydrogen-bond donors (Lipinski definition) is 1. The zero-order chi connectivity index (χ0) is 16.3. The minimum absolute atomic E-state index is 0.254. The summed E-state index contributed by atoms with van der Waals surface area (Å²) in [6.07, 6.45) is 1.89. The predicted molar refractivity (Wildman–Crippen MR) is 91.8 cm³/mol. The van der Waals surface area contributed by atoms with Crippen LogP contribution in [0.25, 0.3) is 11.1 Å². The Morgan fingerprint density at radius 3 is 2.45 bits per heavy atom. The lowest BCUT2D eigenvalue weighted by molar-refractivity contribution is -0.137. The van der Waals surface area contributed by atoms with Gasteiger partial charge in [-0.3, -0.25) is 4.79 Å². The van der Waals surface area contributed by atoms with Gasteiger partial charge in [-0.25, -0.2) is 0 Å². The summed E-state index contributed by atoms with van der Waals surface area (Å²) in [5.41, 5.74) is 6.64. The van der Waals surface area contributed by atoms with Gasteiger partial charge in [0, 0.05) is 6.42 Å². The van der Waals surface area contributed by atoms with Crippen molar-refractivity contribution in [2.24, 2.45) is 0 Å². The molecular weight excluding hydrogens is 272 g/mol. The lowest BCUT2D eigenvalue weighted by Gasteiger charge is -2.13. The van der Waals surface area contributed by atoms with Crippen molar-refractivity contribution in [1.29, 1.82) is 0 Å². The first-order chi connectivity index (χ1) is 10.4. The lowest BCUT2D eigenvalue weighted by atomic mass is 9.91. The lowest BCUT2D eigenvalue weighted by Crippen LogP contribution is -1.99. The zero-order valence-corrected chi connectivity index (χ0v) is 14.0. The van der Waals surface area contributed by atoms with E-state index < -0.39 is 5.97 Å². The molecule has 0 aromatic carbocycles. The van der Waals surface area contributed by atoms with E-state index in [4.69, 9.17) is 5.11 Å². The van der Waals surface area contributed by atoms with Crippen LogP contribution in [0.5, 0.6) is 0 Å². The second-order valence-corrected chi connectivity index (χ2v) is 6.62. The van der Waals surface area contributed by atoms with Gasteiger partial charge in [-0.1, -0.05) is 51.1 Å². The van der Waals surface area contributed by atoms with Crippen LogP contribution in [0.1, 0.15) is 68.6 Å². The van der Waals surface area contributed by atoms with Crippen LogP contribution in [0.3, 0.4) is 0 Å². The van der Waals surface area contributed by atoms with Crippen LogP contribution in [-0.2, 0) is 4.79 Å². The summed E-state index contributed by atoms with van der Waals surface area (Å²) >= 11 is 0. The monoisotopic (exact) mass is 298 g/mol. The van der Waals surface area contributed by atoms with E-state index in [9.17, 15) is 4.79 Å². The van der Waals surface area contributed by atoms with E-state index in [0.29, 0.717) is 11.8 Å². The second kappa shape index (κ2) is 6.95. The summed E-state index contributed by atoms with van der Waals surface area (Å²) in [6, 6.07) is 11.2. The molecule has 22 heavy (non-hydrogen) atoms. The Bertz CT molecular complexity index is 628. The van der Waals surface area contributed by atoms with Gasteiger partial charge in [-0.15, -0.1) is 0 Å². The standard InChI is InChI=1S/C20H26O2/c1-13(2)16-9-11-17(14(3)6-5-7-20(21)22)18-10-8-15(4)19(18)12-16/h8-14H,5-7H2,1-4H3,(H,21,22). The average Bonchev–Trinajstić information content (AvgIpc) is 2.69. The number of carboxylic acid groups (broad SMARTS) is 1. The molecule has 0 aromatic rings. The Labute approximate surface area is 133 Å². The summed E-state index contributed by atoms with van der Waals surface area (Å²) in [4.78, 5) is 10.7. The molecule has 2 aliphatic rings. The number of carboxylic acids is 1. The summed E-state index contributed by atoms with van der Waals surface area (Å²) < 4.78 is 0. The van der Waals surface area contributed by atoms with Crippen molar-refractivity contribution < 1.29 is 9.90 Å². The Balaban J connectivity index is 2.34. The fraction of sp³-hybridized carbons (Fsp3) is 0.450. The summed E-state index contributed by atoms with van der Waals surface area (Å²) in [6.45, 7) is 8.80. The van der Waals surface area contributed by atoms with Gasteiger partial charge in [-0.2, -0.15) is 0 Å². The van der Waals surface area contributed by atoms with E-state index in [2.05, 4.69) is 58.0 Å². The molecule has 0 heterocycles. The SMILES string of the molecule is Cc1ccc2c(C(C)CCCC(=O)O)ccc(C(C)C)cc1-2. The number of fused-ring (bicyclic) bond motifs is 1. The van der Waals surface area contributed by atoms with Crippen molar-refractivity contribution in [3.8, 4) is 11.1 Å². The molecule has 118 valence electrons. The number of aryl methyl sites for hydroxylation is 1. The van der Waals surface area contributed by atoms with Crippen LogP contribution < -0.4 is 0 Å². The van der Waals surface area contributed by atoms with Gasteiger partial charge in [-0.05, 0) is 59.4 Å². The molecule has 0 amide bonds. The molecule has 0 spiro atoms. The highest BCUT2D eigenvalue weighted by Gasteiger charge is 2.16. The maximum absolute atomic E-state index is 10.7. The fourth-order valence-electron chi connectivity index (χ4n) is 3.04. The van der Waals surface area contributed by atoms with Crippen molar-refractivity contribution in [2.75, 3.05) is 0 Å². The van der Waals surface area contributed by atoms with E-state index in [1.807, 2.05) is 0 Å². The van der Waals surface area contributed by atoms with Gasteiger partial charge in [0.15, 0.2) is 0 Å². The molecule has 2 aliphatic carbocycles. The largest absolute Gasteiger partial charge is 0.481 e. The molecular formula is C20H26O2. The van der Waals surface area contributed by atoms with Crippen LogP contribution >= 0.6 is 0 Å². The molecule has 0 aromatic heterocycles. The van der Waals surface area contributed by atoms with Crippen LogP contribution in [0.4, 0.5) is 0 Å². The van der Waals surface area contributed by atoms with Crippen molar-refractivity contribution in [3.63, 3.8) is 0 Å². The first-order valence-electron chi connectivity index (χ1n) is 8.15. The number of aliphatic carboxylic acids is 1. The quantitative estimate of drug-likeness (QED) is 0.755. The number of rotatable bonds is 6. The first-order valence-corrected chi connectivity index (χ1v) is 8.15. The molecule has 0 radical (unpaired) electrons. The third kappa shape index (κ3) is 3.68. The van der Waals surface area contributed by atoms with Gasteiger partial charge in [0.05, 0.1) is 0 Å². The fourth-order valence-corrected chi connectivity index (χ4v) is 3.04. The maximum atomic E-state index is 10.7. The van der Waals surface area contributed by atoms with Crippen LogP contribution in [0.15, 0.2) is 30.3 Å². The Hall–Kier alpha value is -1.83. The molecule has 1 N–H and O–H groups in total. The molecule has 2 nitrogen and oxygen atoms in total.